The van der Waals surface area contributed by atoms with E-state index >= 15 is 0 Å². The quantitative estimate of drug-likeness (QED) is 0.566. The van der Waals surface area contributed by atoms with Crippen molar-refractivity contribution in [1.82, 2.24) is 0 Å². The first kappa shape index (κ1) is 7.22. The number of hydrogen-bond donors (Lipinski definition) is 0. The molecule has 0 unspecified atom stereocenters. The molecule has 1 aromatic rings. The number of hydrogen-bond acceptors (Lipinski definition) is 2. The number of aliphatic imine (C=N–C) groups is 1. The summed E-state index contributed by atoms with van der Waals surface area (Å²) < 4.78 is 0. The van der Waals surface area contributed by atoms with Crippen LogP contribution in [-0.2, 0) is 0 Å². The smallest absolute Gasteiger partial charge is 0.165 e. The van der Waals surface area contributed by atoms with Crippen LogP contribution < -0.4 is 0 Å². The molecule has 1 aliphatic heterocycles. The highest BCUT2D eigenvalue weighted by Crippen LogP contribution is 2.11. The van der Waals surface area contributed by atoms with E-state index in [-0.39, 0.29) is 5.78 Å². The van der Waals surface area contributed by atoms with Crippen molar-refractivity contribution in [2.75, 3.05) is 6.54 Å². The number of nitrogens with zero attached hydrogens (tertiary/aromatic N) is 1. The molecule has 0 amide bonds. The summed E-state index contributed by atoms with van der Waals surface area (Å²) >= 11 is 0. The zero-order valence-corrected chi connectivity index (χ0v) is 6.66. The second kappa shape index (κ2) is 2.89. The molecule has 0 aliphatic carbocycles. The van der Waals surface area contributed by atoms with Crippen molar-refractivity contribution in [3.8, 4) is 0 Å². The van der Waals surface area contributed by atoms with Crippen LogP contribution in [0.2, 0.25) is 0 Å². The van der Waals surface area contributed by atoms with Gasteiger partial charge in [0.05, 0.1) is 0 Å². The molecule has 1 aliphatic rings. The molecule has 1 aromatic carbocycles. The molecule has 1 heterocycles. The number of ketones is 1. The highest BCUT2D eigenvalue weighted by Gasteiger charge is 2.10. The van der Waals surface area contributed by atoms with Crippen LogP contribution >= 0.6 is 0 Å². The van der Waals surface area contributed by atoms with Crippen LogP contribution in [0.3, 0.4) is 0 Å². The SMILES string of the molecule is O=C1CCN=Cc2ccccc21. The third-order valence-electron chi connectivity index (χ3n) is 1.96. The molecule has 0 fully saturated rings. The Morgan fingerprint density at radius 3 is 3.00 bits per heavy atom. The lowest BCUT2D eigenvalue weighted by atomic mass is 10.0. The van der Waals surface area contributed by atoms with E-state index in [4.69, 9.17) is 0 Å². The van der Waals surface area contributed by atoms with Crippen molar-refractivity contribution in [1.29, 1.82) is 0 Å². The van der Waals surface area contributed by atoms with E-state index in [0.717, 1.165) is 11.1 Å². The molecule has 0 N–H and O–H groups in total. The van der Waals surface area contributed by atoms with E-state index in [1.54, 1.807) is 6.21 Å². The third-order valence-corrected chi connectivity index (χ3v) is 1.96. The first-order chi connectivity index (χ1) is 5.88. The van der Waals surface area contributed by atoms with Crippen molar-refractivity contribution in [2.24, 2.45) is 4.99 Å². The Hall–Kier alpha value is -1.44. The van der Waals surface area contributed by atoms with Crippen LogP contribution in [0.4, 0.5) is 0 Å². The highest BCUT2D eigenvalue weighted by atomic mass is 16.1. The Morgan fingerprint density at radius 2 is 2.08 bits per heavy atom. The van der Waals surface area contributed by atoms with Crippen molar-refractivity contribution in [2.45, 2.75) is 6.42 Å². The first-order valence-electron chi connectivity index (χ1n) is 4.00. The van der Waals surface area contributed by atoms with Crippen LogP contribution in [-0.4, -0.2) is 18.5 Å². The van der Waals surface area contributed by atoms with Gasteiger partial charge in [-0.1, -0.05) is 24.3 Å². The summed E-state index contributed by atoms with van der Waals surface area (Å²) in [6, 6.07) is 7.58. The number of carbonyl (C=O) groups excluding carboxylic acids is 1. The number of fused-ring (bicyclic) bond motifs is 1. The van der Waals surface area contributed by atoms with Crippen LogP contribution in [0.15, 0.2) is 29.3 Å². The van der Waals surface area contributed by atoms with Crippen molar-refractivity contribution in [3.05, 3.63) is 35.4 Å². The molecule has 2 heteroatoms. The van der Waals surface area contributed by atoms with Gasteiger partial charge in [-0.25, -0.2) is 0 Å². The Bertz CT molecular complexity index is 341. The second-order valence-corrected chi connectivity index (χ2v) is 2.80. The van der Waals surface area contributed by atoms with Gasteiger partial charge in [-0.3, -0.25) is 9.79 Å². The van der Waals surface area contributed by atoms with E-state index < -0.39 is 0 Å². The van der Waals surface area contributed by atoms with Gasteiger partial charge in [0.1, 0.15) is 0 Å². The standard InChI is InChI=1S/C10H9NO/c12-10-5-6-11-7-8-3-1-2-4-9(8)10/h1-4,7H,5-6H2. The Kier molecular flexibility index (Phi) is 1.74. The minimum atomic E-state index is 0.197. The molecule has 0 spiro atoms. The van der Waals surface area contributed by atoms with Gasteiger partial charge in [-0.05, 0) is 0 Å². The van der Waals surface area contributed by atoms with E-state index in [1.165, 1.54) is 0 Å². The molecule has 2 rings (SSSR count). The van der Waals surface area contributed by atoms with E-state index in [0.29, 0.717) is 13.0 Å². The van der Waals surface area contributed by atoms with Crippen LogP contribution in [0.25, 0.3) is 0 Å². The summed E-state index contributed by atoms with van der Waals surface area (Å²) in [4.78, 5) is 15.5. The fraction of sp³-hybridized carbons (Fsp3) is 0.200. The maximum Gasteiger partial charge on any atom is 0.165 e. The average molecular weight is 159 g/mol. The van der Waals surface area contributed by atoms with Crippen LogP contribution in [0.5, 0.6) is 0 Å². The number of Topliss-reactive ketones (excluding diaryl/α,β-unsaturated/α-hetero) is 1. The van der Waals surface area contributed by atoms with E-state index in [2.05, 4.69) is 4.99 Å². The van der Waals surface area contributed by atoms with Gasteiger partial charge in [-0.15, -0.1) is 0 Å². The van der Waals surface area contributed by atoms with Crippen LogP contribution in [0, 0.1) is 0 Å². The first-order valence-corrected chi connectivity index (χ1v) is 4.00. The topological polar surface area (TPSA) is 29.4 Å². The predicted octanol–water partition coefficient (Wildman–Crippen LogP) is 1.69. The molecule has 60 valence electrons. The second-order valence-electron chi connectivity index (χ2n) is 2.80. The van der Waals surface area contributed by atoms with E-state index in [1.807, 2.05) is 24.3 Å². The van der Waals surface area contributed by atoms with Gasteiger partial charge in [0, 0.05) is 30.3 Å². The number of carbonyl (C=O) groups is 1. The maximum atomic E-state index is 11.4. The molecule has 12 heavy (non-hydrogen) atoms. The van der Waals surface area contributed by atoms with Gasteiger partial charge < -0.3 is 0 Å². The number of benzene rings is 1. The largest absolute Gasteiger partial charge is 0.294 e. The summed E-state index contributed by atoms with van der Waals surface area (Å²) in [5.41, 5.74) is 1.75. The highest BCUT2D eigenvalue weighted by molar-refractivity contribution is 6.04. The van der Waals surface area contributed by atoms with E-state index in [9.17, 15) is 4.79 Å². The van der Waals surface area contributed by atoms with Crippen molar-refractivity contribution in [3.63, 3.8) is 0 Å². The molecule has 0 saturated heterocycles. The summed E-state index contributed by atoms with van der Waals surface area (Å²) in [5, 5.41) is 0. The van der Waals surface area contributed by atoms with Gasteiger partial charge in [0.2, 0.25) is 0 Å². The molecular weight excluding hydrogens is 150 g/mol. The predicted molar refractivity (Wildman–Crippen MR) is 47.9 cm³/mol. The summed E-state index contributed by atoms with van der Waals surface area (Å²) in [7, 11) is 0. The fourth-order valence-corrected chi connectivity index (χ4v) is 1.33. The Balaban J connectivity index is 2.56. The molecule has 0 radical (unpaired) electrons. The maximum absolute atomic E-state index is 11.4. The Morgan fingerprint density at radius 1 is 1.25 bits per heavy atom. The zero-order chi connectivity index (χ0) is 8.39. The van der Waals surface area contributed by atoms with Gasteiger partial charge >= 0.3 is 0 Å². The molecule has 0 aromatic heterocycles. The summed E-state index contributed by atoms with van der Waals surface area (Å²) in [6.07, 6.45) is 2.31. The normalized spacial score (nSPS) is 15.5. The minimum Gasteiger partial charge on any atom is -0.294 e. The lowest BCUT2D eigenvalue weighted by molar-refractivity contribution is 0.0986. The molecule has 2 nitrogen and oxygen atoms in total. The lowest BCUT2D eigenvalue weighted by Crippen LogP contribution is -2.00. The van der Waals surface area contributed by atoms with Gasteiger partial charge in [-0.2, -0.15) is 0 Å². The zero-order valence-electron chi connectivity index (χ0n) is 6.66. The lowest BCUT2D eigenvalue weighted by Gasteiger charge is -1.98. The van der Waals surface area contributed by atoms with Gasteiger partial charge in [0.15, 0.2) is 5.78 Å². The van der Waals surface area contributed by atoms with Crippen molar-refractivity contribution < 1.29 is 4.79 Å². The van der Waals surface area contributed by atoms with Gasteiger partial charge in [0.25, 0.3) is 0 Å². The minimum absolute atomic E-state index is 0.197. The summed E-state index contributed by atoms with van der Waals surface area (Å²) in [5.74, 6) is 0.197. The average Bonchev–Trinajstić information content (AvgIpc) is 2.29. The molecule has 0 saturated carbocycles. The summed E-state index contributed by atoms with van der Waals surface area (Å²) in [6.45, 7) is 0.619. The fourth-order valence-electron chi connectivity index (χ4n) is 1.33. The molecular formula is C10H9NO. The van der Waals surface area contributed by atoms with Crippen molar-refractivity contribution >= 4 is 12.0 Å². The third kappa shape index (κ3) is 1.16. The monoisotopic (exact) mass is 159 g/mol. The Labute approximate surface area is 70.9 Å². The molecule has 0 bridgehead atoms. The molecule has 0 atom stereocenters. The van der Waals surface area contributed by atoms with Crippen LogP contribution in [0.1, 0.15) is 22.3 Å². The number of rotatable bonds is 0.